The Hall–Kier alpha value is -1.60. The summed E-state index contributed by atoms with van der Waals surface area (Å²) in [6.45, 7) is 9.61. The molecule has 108 valence electrons. The highest BCUT2D eigenvalue weighted by Gasteiger charge is 2.62. The van der Waals surface area contributed by atoms with Gasteiger partial charge in [0.05, 0.1) is 13.1 Å². The Balaban J connectivity index is 2.11. The molecule has 2 aromatic carbocycles. The summed E-state index contributed by atoms with van der Waals surface area (Å²) < 4.78 is 1.18. The van der Waals surface area contributed by atoms with Crippen LogP contribution in [0.4, 0.5) is 0 Å². The molecule has 0 aromatic heterocycles. The first-order chi connectivity index (χ1) is 10.2. The Kier molecular flexibility index (Phi) is 2.62. The van der Waals surface area contributed by atoms with Gasteiger partial charge in [-0.15, -0.1) is 0 Å². The summed E-state index contributed by atoms with van der Waals surface area (Å²) in [7, 11) is 0. The van der Waals surface area contributed by atoms with Crippen LogP contribution in [-0.2, 0) is 12.0 Å². The minimum atomic E-state index is 0.111. The summed E-state index contributed by atoms with van der Waals surface area (Å²) in [4.78, 5) is 0. The van der Waals surface area contributed by atoms with Gasteiger partial charge in [0.1, 0.15) is 11.6 Å². The lowest BCUT2D eigenvalue weighted by Gasteiger charge is -2.53. The van der Waals surface area contributed by atoms with Gasteiger partial charge >= 0.3 is 0 Å². The summed E-state index contributed by atoms with van der Waals surface area (Å²) in [6, 6.07) is 18.9. The van der Waals surface area contributed by atoms with Gasteiger partial charge in [0, 0.05) is 23.1 Å². The van der Waals surface area contributed by atoms with Gasteiger partial charge in [-0.1, -0.05) is 48.5 Å². The van der Waals surface area contributed by atoms with Crippen molar-refractivity contribution in [3.63, 3.8) is 0 Å². The predicted molar refractivity (Wildman–Crippen MR) is 87.1 cm³/mol. The van der Waals surface area contributed by atoms with Gasteiger partial charge in [-0.3, -0.25) is 0 Å². The van der Waals surface area contributed by atoms with E-state index >= 15 is 0 Å². The molecule has 2 atom stereocenters. The first-order valence-corrected chi connectivity index (χ1v) is 8.23. The minimum Gasteiger partial charge on any atom is -0.305 e. The minimum absolute atomic E-state index is 0.111. The second-order valence-electron chi connectivity index (χ2n) is 6.70. The van der Waals surface area contributed by atoms with Gasteiger partial charge in [0.2, 0.25) is 0 Å². The molecule has 0 amide bonds. The number of hydrogen-bond donors (Lipinski definition) is 0. The van der Waals surface area contributed by atoms with Crippen LogP contribution in [-0.4, -0.2) is 17.6 Å². The van der Waals surface area contributed by atoms with Crippen LogP contribution < -0.4 is 0 Å². The van der Waals surface area contributed by atoms with Crippen molar-refractivity contribution in [1.29, 1.82) is 0 Å². The highest BCUT2D eigenvalue weighted by molar-refractivity contribution is 5.51. The molecular formula is C20H24N+. The molecule has 0 saturated carbocycles. The summed E-state index contributed by atoms with van der Waals surface area (Å²) >= 11 is 0. The molecule has 4 rings (SSSR count). The number of hydrogen-bond acceptors (Lipinski definition) is 0. The molecule has 0 aliphatic carbocycles. The van der Waals surface area contributed by atoms with Crippen molar-refractivity contribution in [2.24, 2.45) is 0 Å². The van der Waals surface area contributed by atoms with Crippen LogP contribution in [0.25, 0.3) is 0 Å². The molecule has 0 spiro atoms. The van der Waals surface area contributed by atoms with Crippen molar-refractivity contribution in [3.8, 4) is 0 Å². The van der Waals surface area contributed by atoms with E-state index in [1.165, 1.54) is 24.0 Å². The topological polar surface area (TPSA) is 0 Å². The van der Waals surface area contributed by atoms with E-state index in [0.29, 0.717) is 6.04 Å². The SMILES string of the molecule is CC[N+]1(CC)[C@@H]2Cc3ccccc3[C@@]1(C)c1ccccc12. The number of nitrogens with zero attached hydrogens (tertiary/aromatic N) is 1. The molecule has 0 saturated heterocycles. The van der Waals surface area contributed by atoms with Crippen LogP contribution in [0.2, 0.25) is 0 Å². The van der Waals surface area contributed by atoms with Crippen LogP contribution in [0.1, 0.15) is 49.1 Å². The van der Waals surface area contributed by atoms with Crippen molar-refractivity contribution in [2.75, 3.05) is 13.1 Å². The maximum absolute atomic E-state index is 2.48. The van der Waals surface area contributed by atoms with Gasteiger partial charge in [-0.05, 0) is 26.3 Å². The van der Waals surface area contributed by atoms with E-state index in [9.17, 15) is 0 Å². The number of likely N-dealkylation sites (N-methyl/N-ethyl adjacent to an activating group) is 1. The highest BCUT2D eigenvalue weighted by Crippen LogP contribution is 2.60. The standard InChI is InChI=1S/C20H24N/c1-4-21(5-2)19-14-15-10-6-8-12-17(15)20(21,3)18-13-9-7-11-16(18)19/h6-13,19H,4-5,14H2,1-3H3/q+1/t19-,20+/m1/s1. The van der Waals surface area contributed by atoms with Gasteiger partial charge in [0.25, 0.3) is 0 Å². The zero-order valence-corrected chi connectivity index (χ0v) is 13.3. The Morgan fingerprint density at radius 2 is 1.57 bits per heavy atom. The number of quaternary nitrogens is 1. The van der Waals surface area contributed by atoms with Gasteiger partial charge in [-0.2, -0.15) is 0 Å². The molecule has 2 heterocycles. The molecule has 0 unspecified atom stereocenters. The third kappa shape index (κ3) is 1.31. The molecule has 2 aromatic rings. The number of fused-ring (bicyclic) bond motifs is 7. The molecule has 21 heavy (non-hydrogen) atoms. The lowest BCUT2D eigenvalue weighted by Crippen LogP contribution is -2.61. The van der Waals surface area contributed by atoms with Crippen LogP contribution in [0.3, 0.4) is 0 Å². The lowest BCUT2D eigenvalue weighted by atomic mass is 9.78. The van der Waals surface area contributed by atoms with Gasteiger partial charge < -0.3 is 4.48 Å². The van der Waals surface area contributed by atoms with E-state index in [2.05, 4.69) is 69.3 Å². The zero-order chi connectivity index (χ0) is 14.7. The third-order valence-corrected chi connectivity index (χ3v) is 6.42. The fourth-order valence-electron chi connectivity index (χ4n) is 5.40. The van der Waals surface area contributed by atoms with Crippen molar-refractivity contribution < 1.29 is 4.48 Å². The molecule has 1 nitrogen and oxygen atoms in total. The van der Waals surface area contributed by atoms with Crippen molar-refractivity contribution >= 4 is 0 Å². The molecule has 2 bridgehead atoms. The fraction of sp³-hybridized carbons (Fsp3) is 0.400. The van der Waals surface area contributed by atoms with Crippen LogP contribution in [0.5, 0.6) is 0 Å². The lowest BCUT2D eigenvalue weighted by molar-refractivity contribution is -0.995. The van der Waals surface area contributed by atoms with Crippen molar-refractivity contribution in [3.05, 3.63) is 70.8 Å². The second-order valence-corrected chi connectivity index (χ2v) is 6.70. The molecule has 0 radical (unpaired) electrons. The second kappa shape index (κ2) is 4.20. The summed E-state index contributed by atoms with van der Waals surface area (Å²) in [5.41, 5.74) is 6.36. The van der Waals surface area contributed by atoms with Gasteiger partial charge in [-0.25, -0.2) is 0 Å². The molecule has 2 aliphatic rings. The highest BCUT2D eigenvalue weighted by atomic mass is 15.4. The average Bonchev–Trinajstić information content (AvgIpc) is 2.67. The molecule has 2 aliphatic heterocycles. The molecule has 0 fully saturated rings. The maximum Gasteiger partial charge on any atom is 0.149 e. The predicted octanol–water partition coefficient (Wildman–Crippen LogP) is 4.42. The summed E-state index contributed by atoms with van der Waals surface area (Å²) in [5.74, 6) is 0. The normalized spacial score (nSPS) is 28.0. The van der Waals surface area contributed by atoms with E-state index in [-0.39, 0.29) is 5.54 Å². The first-order valence-electron chi connectivity index (χ1n) is 8.23. The van der Waals surface area contributed by atoms with E-state index < -0.39 is 0 Å². The quantitative estimate of drug-likeness (QED) is 0.713. The fourth-order valence-corrected chi connectivity index (χ4v) is 5.40. The largest absolute Gasteiger partial charge is 0.305 e. The Morgan fingerprint density at radius 3 is 2.29 bits per heavy atom. The number of rotatable bonds is 2. The van der Waals surface area contributed by atoms with E-state index in [0.717, 1.165) is 0 Å². The Morgan fingerprint density at radius 1 is 0.952 bits per heavy atom. The Labute approximate surface area is 127 Å². The van der Waals surface area contributed by atoms with Crippen molar-refractivity contribution in [1.82, 2.24) is 0 Å². The van der Waals surface area contributed by atoms with Crippen LogP contribution in [0, 0.1) is 0 Å². The molecular weight excluding hydrogens is 254 g/mol. The average molecular weight is 278 g/mol. The molecule has 0 N–H and O–H groups in total. The monoisotopic (exact) mass is 278 g/mol. The first kappa shape index (κ1) is 13.1. The van der Waals surface area contributed by atoms with E-state index in [4.69, 9.17) is 0 Å². The maximum atomic E-state index is 2.48. The van der Waals surface area contributed by atoms with E-state index in [1.54, 1.807) is 22.3 Å². The van der Waals surface area contributed by atoms with Crippen LogP contribution in [0.15, 0.2) is 48.5 Å². The van der Waals surface area contributed by atoms with Gasteiger partial charge in [0.15, 0.2) is 0 Å². The molecule has 1 heteroatoms. The smallest absolute Gasteiger partial charge is 0.149 e. The zero-order valence-electron chi connectivity index (χ0n) is 13.3. The third-order valence-electron chi connectivity index (χ3n) is 6.42. The number of benzene rings is 2. The summed E-state index contributed by atoms with van der Waals surface area (Å²) in [6.07, 6.45) is 1.18. The summed E-state index contributed by atoms with van der Waals surface area (Å²) in [5, 5.41) is 0. The Bertz CT molecular complexity index is 685. The van der Waals surface area contributed by atoms with E-state index in [1.807, 2.05) is 0 Å². The van der Waals surface area contributed by atoms with Crippen molar-refractivity contribution in [2.45, 2.75) is 38.8 Å². The van der Waals surface area contributed by atoms with Crippen LogP contribution >= 0.6 is 0 Å².